The third-order valence-corrected chi connectivity index (χ3v) is 5.88. The van der Waals surface area contributed by atoms with Crippen LogP contribution in [0.2, 0.25) is 5.02 Å². The summed E-state index contributed by atoms with van der Waals surface area (Å²) in [7, 11) is 1.66. The van der Waals surface area contributed by atoms with Crippen LogP contribution in [0.4, 0.5) is 4.79 Å². The monoisotopic (exact) mass is 377 g/mol. The highest BCUT2D eigenvalue weighted by Gasteiger charge is 2.55. The molecule has 0 bridgehead atoms. The maximum absolute atomic E-state index is 12.9. The van der Waals surface area contributed by atoms with Gasteiger partial charge in [0.1, 0.15) is 12.1 Å². The van der Waals surface area contributed by atoms with Crippen molar-refractivity contribution in [2.45, 2.75) is 50.6 Å². The van der Waals surface area contributed by atoms with Crippen LogP contribution in [-0.2, 0) is 9.59 Å². The topological polar surface area (TPSA) is 69.7 Å². The van der Waals surface area contributed by atoms with E-state index in [1.807, 2.05) is 25.1 Å². The molecule has 2 fully saturated rings. The molecule has 3 rings (SSSR count). The first-order valence-corrected chi connectivity index (χ1v) is 9.38. The number of hydrogen-bond acceptors (Lipinski definition) is 3. The highest BCUT2D eigenvalue weighted by atomic mass is 35.5. The predicted molar refractivity (Wildman–Crippen MR) is 98.7 cm³/mol. The molecule has 0 aromatic heterocycles. The summed E-state index contributed by atoms with van der Waals surface area (Å²) in [5.74, 6) is -0.620. The zero-order valence-corrected chi connectivity index (χ0v) is 15.9. The Labute approximate surface area is 158 Å². The van der Waals surface area contributed by atoms with Crippen molar-refractivity contribution in [1.29, 1.82) is 0 Å². The Morgan fingerprint density at radius 1 is 1.23 bits per heavy atom. The lowest BCUT2D eigenvalue weighted by molar-refractivity contribution is -0.137. The average molecular weight is 378 g/mol. The summed E-state index contributed by atoms with van der Waals surface area (Å²) in [5.41, 5.74) is 0.0340. The summed E-state index contributed by atoms with van der Waals surface area (Å²) in [6, 6.07) is 6.56. The zero-order valence-electron chi connectivity index (χ0n) is 15.1. The molecule has 0 radical (unpaired) electrons. The van der Waals surface area contributed by atoms with Gasteiger partial charge in [0.25, 0.3) is 5.91 Å². The molecular weight excluding hydrogens is 354 g/mol. The van der Waals surface area contributed by atoms with Gasteiger partial charge in [0.15, 0.2) is 0 Å². The molecule has 1 N–H and O–H groups in total. The second-order valence-electron chi connectivity index (χ2n) is 7.14. The first-order chi connectivity index (χ1) is 12.4. The summed E-state index contributed by atoms with van der Waals surface area (Å²) in [5, 5.41) is 3.39. The van der Waals surface area contributed by atoms with Crippen molar-refractivity contribution in [2.24, 2.45) is 0 Å². The van der Waals surface area contributed by atoms with Crippen molar-refractivity contribution in [3.05, 3.63) is 34.9 Å². The summed E-state index contributed by atoms with van der Waals surface area (Å²) < 4.78 is 0. The van der Waals surface area contributed by atoms with E-state index in [2.05, 4.69) is 5.32 Å². The third kappa shape index (κ3) is 3.18. The molecule has 140 valence electrons. The van der Waals surface area contributed by atoms with Crippen LogP contribution in [0.5, 0.6) is 0 Å². The van der Waals surface area contributed by atoms with Gasteiger partial charge in [-0.05, 0) is 31.4 Å². The van der Waals surface area contributed by atoms with Gasteiger partial charge < -0.3 is 10.2 Å². The highest BCUT2D eigenvalue weighted by molar-refractivity contribution is 6.31. The number of benzene rings is 1. The molecule has 1 unspecified atom stereocenters. The van der Waals surface area contributed by atoms with Gasteiger partial charge >= 0.3 is 6.03 Å². The number of hydrogen-bond donors (Lipinski definition) is 1. The molecule has 1 aliphatic heterocycles. The second-order valence-corrected chi connectivity index (χ2v) is 7.54. The fourth-order valence-corrected chi connectivity index (χ4v) is 4.31. The molecule has 7 heteroatoms. The van der Waals surface area contributed by atoms with Gasteiger partial charge in [0, 0.05) is 12.1 Å². The van der Waals surface area contributed by atoms with Crippen molar-refractivity contribution in [1.82, 2.24) is 15.1 Å². The molecule has 26 heavy (non-hydrogen) atoms. The van der Waals surface area contributed by atoms with E-state index in [9.17, 15) is 14.4 Å². The second kappa shape index (κ2) is 7.27. The minimum atomic E-state index is -0.760. The van der Waals surface area contributed by atoms with Crippen LogP contribution in [0.25, 0.3) is 0 Å². The van der Waals surface area contributed by atoms with Crippen LogP contribution < -0.4 is 5.32 Å². The number of carbonyl (C=O) groups is 3. The van der Waals surface area contributed by atoms with E-state index < -0.39 is 11.6 Å². The number of urea groups is 1. The first kappa shape index (κ1) is 18.7. The number of halogens is 1. The number of rotatable bonds is 4. The molecular formula is C19H24ClN3O3. The quantitative estimate of drug-likeness (QED) is 0.819. The summed E-state index contributed by atoms with van der Waals surface area (Å²) >= 11 is 6.16. The fraction of sp³-hybridized carbons (Fsp3) is 0.526. The molecule has 1 aromatic rings. The number of amides is 4. The van der Waals surface area contributed by atoms with Crippen LogP contribution in [-0.4, -0.2) is 46.8 Å². The molecule has 6 nitrogen and oxygen atoms in total. The molecule has 1 aromatic carbocycles. The SMILES string of the molecule is CC(NC(=O)CN1C(=O)N(C)C2(CCCCC2)C1=O)c1ccccc1Cl. The lowest BCUT2D eigenvalue weighted by Gasteiger charge is -2.35. The Hall–Kier alpha value is -2.08. The molecule has 1 atom stereocenters. The summed E-state index contributed by atoms with van der Waals surface area (Å²) in [6.07, 6.45) is 4.26. The van der Waals surface area contributed by atoms with E-state index in [0.29, 0.717) is 17.9 Å². The van der Waals surface area contributed by atoms with Gasteiger partial charge in [-0.2, -0.15) is 0 Å². The Kier molecular flexibility index (Phi) is 5.23. The Bertz CT molecular complexity index is 730. The van der Waals surface area contributed by atoms with Crippen molar-refractivity contribution in [2.75, 3.05) is 13.6 Å². The number of carbonyl (C=O) groups excluding carboxylic acids is 3. The maximum Gasteiger partial charge on any atom is 0.327 e. The van der Waals surface area contributed by atoms with Crippen LogP contribution in [0, 0.1) is 0 Å². The lowest BCUT2D eigenvalue weighted by Crippen LogP contribution is -2.49. The Morgan fingerprint density at radius 3 is 2.54 bits per heavy atom. The van der Waals surface area contributed by atoms with Crippen molar-refractivity contribution >= 4 is 29.4 Å². The normalized spacial score (nSPS) is 20.6. The minimum absolute atomic E-state index is 0.245. The van der Waals surface area contributed by atoms with E-state index in [0.717, 1.165) is 29.7 Å². The smallest absolute Gasteiger partial charge is 0.327 e. The van der Waals surface area contributed by atoms with Crippen molar-refractivity contribution in [3.63, 3.8) is 0 Å². The standard InChI is InChI=1S/C19H24ClN3O3/c1-13(14-8-4-5-9-15(14)20)21-16(24)12-23-17(25)19(22(2)18(23)26)10-6-3-7-11-19/h4-5,8-9,13H,3,6-7,10-12H2,1-2H3,(H,21,24). The minimum Gasteiger partial charge on any atom is -0.348 e. The number of likely N-dealkylation sites (N-methyl/N-ethyl adjacent to an activating group) is 1. The summed E-state index contributed by atoms with van der Waals surface area (Å²) in [6.45, 7) is 1.56. The van der Waals surface area contributed by atoms with E-state index in [1.54, 1.807) is 13.1 Å². The van der Waals surface area contributed by atoms with Gasteiger partial charge in [-0.3, -0.25) is 14.5 Å². The van der Waals surface area contributed by atoms with Gasteiger partial charge in [-0.25, -0.2) is 4.79 Å². The molecule has 1 aliphatic carbocycles. The van der Waals surface area contributed by atoms with Gasteiger partial charge in [0.05, 0.1) is 6.04 Å². The van der Waals surface area contributed by atoms with Crippen LogP contribution in [0.15, 0.2) is 24.3 Å². The molecule has 1 spiro atoms. The molecule has 1 saturated carbocycles. The van der Waals surface area contributed by atoms with Crippen LogP contribution in [0.3, 0.4) is 0 Å². The number of nitrogens with zero attached hydrogens (tertiary/aromatic N) is 2. The molecule has 2 aliphatic rings. The first-order valence-electron chi connectivity index (χ1n) is 9.00. The molecule has 4 amide bonds. The van der Waals surface area contributed by atoms with Crippen molar-refractivity contribution in [3.8, 4) is 0 Å². The lowest BCUT2D eigenvalue weighted by atomic mass is 9.81. The third-order valence-electron chi connectivity index (χ3n) is 5.53. The average Bonchev–Trinajstić information content (AvgIpc) is 2.79. The Balaban J connectivity index is 1.68. The number of imide groups is 1. The van der Waals surface area contributed by atoms with Gasteiger partial charge in [-0.1, -0.05) is 49.1 Å². The van der Waals surface area contributed by atoms with Crippen LogP contribution >= 0.6 is 11.6 Å². The maximum atomic E-state index is 12.9. The van der Waals surface area contributed by atoms with Crippen LogP contribution in [0.1, 0.15) is 50.6 Å². The number of nitrogens with one attached hydrogen (secondary N) is 1. The largest absolute Gasteiger partial charge is 0.348 e. The Morgan fingerprint density at radius 2 is 1.88 bits per heavy atom. The van der Waals surface area contributed by atoms with Gasteiger partial charge in [-0.15, -0.1) is 0 Å². The zero-order chi connectivity index (χ0) is 18.9. The van der Waals surface area contributed by atoms with Gasteiger partial charge in [0.2, 0.25) is 5.91 Å². The van der Waals surface area contributed by atoms with Crippen molar-refractivity contribution < 1.29 is 14.4 Å². The summed E-state index contributed by atoms with van der Waals surface area (Å²) in [4.78, 5) is 40.5. The highest BCUT2D eigenvalue weighted by Crippen LogP contribution is 2.39. The fourth-order valence-electron chi connectivity index (χ4n) is 4.01. The molecule has 1 heterocycles. The van der Waals surface area contributed by atoms with E-state index in [4.69, 9.17) is 11.6 Å². The van der Waals surface area contributed by atoms with E-state index >= 15 is 0 Å². The van der Waals surface area contributed by atoms with E-state index in [1.165, 1.54) is 4.90 Å². The van der Waals surface area contributed by atoms with E-state index in [-0.39, 0.29) is 24.4 Å². The molecule has 1 saturated heterocycles. The predicted octanol–water partition coefficient (Wildman–Crippen LogP) is 3.11.